The van der Waals surface area contributed by atoms with E-state index < -0.39 is 11.6 Å². The Bertz CT molecular complexity index is 274. The molecule has 0 N–H and O–H groups in total. The highest BCUT2D eigenvalue weighted by molar-refractivity contribution is 5.67. The number of carbonyl (C=O) groups is 1. The molecule has 0 spiro atoms. The van der Waals surface area contributed by atoms with Crippen LogP contribution in [0.5, 0.6) is 0 Å². The highest BCUT2D eigenvalue weighted by atomic mass is 16.5. The Kier molecular flexibility index (Phi) is 3.57. The van der Waals surface area contributed by atoms with Crippen LogP contribution in [0.4, 0.5) is 4.79 Å². The Morgan fingerprint density at radius 3 is 2.57 bits per heavy atom. The van der Waals surface area contributed by atoms with Crippen LogP contribution in [-0.4, -0.2) is 18.7 Å². The van der Waals surface area contributed by atoms with Crippen LogP contribution in [0.15, 0.2) is 10.2 Å². The summed E-state index contributed by atoms with van der Waals surface area (Å²) in [6, 6.07) is 2.13. The van der Waals surface area contributed by atoms with Crippen LogP contribution in [0.3, 0.4) is 0 Å². The Morgan fingerprint density at radius 2 is 2.07 bits per heavy atom. The van der Waals surface area contributed by atoms with E-state index in [-0.39, 0.29) is 0 Å². The molecule has 5 nitrogen and oxygen atoms in total. The molecule has 5 heteroatoms. The first-order valence-electron chi connectivity index (χ1n) is 4.64. The van der Waals surface area contributed by atoms with Gasteiger partial charge in [-0.25, -0.2) is 4.79 Å². The summed E-state index contributed by atoms with van der Waals surface area (Å²) >= 11 is 0. The Morgan fingerprint density at radius 1 is 1.43 bits per heavy atom. The number of nitriles is 1. The summed E-state index contributed by atoms with van der Waals surface area (Å²) in [7, 11) is 1.24. The van der Waals surface area contributed by atoms with Crippen molar-refractivity contribution in [2.45, 2.75) is 37.6 Å². The van der Waals surface area contributed by atoms with E-state index in [4.69, 9.17) is 5.26 Å². The smallest absolute Gasteiger partial charge is 0.450 e. The van der Waals surface area contributed by atoms with Gasteiger partial charge in [0.15, 0.2) is 5.54 Å². The molecule has 0 unspecified atom stereocenters. The van der Waals surface area contributed by atoms with E-state index in [0.29, 0.717) is 12.8 Å². The van der Waals surface area contributed by atoms with Gasteiger partial charge in [-0.15, -0.1) is 0 Å². The molecule has 0 radical (unpaired) electrons. The van der Waals surface area contributed by atoms with Crippen LogP contribution >= 0.6 is 0 Å². The summed E-state index contributed by atoms with van der Waals surface area (Å²) in [5.74, 6) is 0. The molecule has 76 valence electrons. The van der Waals surface area contributed by atoms with Crippen molar-refractivity contribution < 1.29 is 9.53 Å². The minimum atomic E-state index is -0.785. The predicted octanol–water partition coefficient (Wildman–Crippen LogP) is 2.43. The molecule has 0 aromatic rings. The van der Waals surface area contributed by atoms with Crippen molar-refractivity contribution in [2.24, 2.45) is 10.2 Å². The molecular weight excluding hydrogens is 182 g/mol. The average Bonchev–Trinajstić information content (AvgIpc) is 2.27. The number of rotatable bonds is 1. The summed E-state index contributed by atoms with van der Waals surface area (Å²) < 4.78 is 4.32. The molecular formula is C9H13N3O2. The van der Waals surface area contributed by atoms with Gasteiger partial charge in [-0.3, -0.25) is 0 Å². The predicted molar refractivity (Wildman–Crippen MR) is 48.7 cm³/mol. The van der Waals surface area contributed by atoms with E-state index in [1.165, 1.54) is 7.11 Å². The van der Waals surface area contributed by atoms with Crippen molar-refractivity contribution in [3.8, 4) is 6.07 Å². The van der Waals surface area contributed by atoms with Crippen LogP contribution in [0.1, 0.15) is 32.1 Å². The summed E-state index contributed by atoms with van der Waals surface area (Å²) in [5, 5.41) is 16.1. The van der Waals surface area contributed by atoms with Gasteiger partial charge in [-0.2, -0.15) is 10.4 Å². The van der Waals surface area contributed by atoms with Crippen LogP contribution in [0, 0.1) is 11.3 Å². The summed E-state index contributed by atoms with van der Waals surface area (Å²) in [5.41, 5.74) is -0.785. The monoisotopic (exact) mass is 195 g/mol. The zero-order valence-corrected chi connectivity index (χ0v) is 8.19. The second-order valence-corrected chi connectivity index (χ2v) is 3.37. The highest BCUT2D eigenvalue weighted by Crippen LogP contribution is 2.31. The maximum absolute atomic E-state index is 10.7. The molecule has 0 aromatic carbocycles. The Labute approximate surface area is 82.8 Å². The van der Waals surface area contributed by atoms with Gasteiger partial charge in [0.1, 0.15) is 0 Å². The van der Waals surface area contributed by atoms with Gasteiger partial charge in [-0.05, 0) is 25.7 Å². The lowest BCUT2D eigenvalue weighted by molar-refractivity contribution is 0.178. The van der Waals surface area contributed by atoms with Crippen molar-refractivity contribution >= 4 is 6.09 Å². The number of azo groups is 1. The summed E-state index contributed by atoms with van der Waals surface area (Å²) in [4.78, 5) is 10.7. The number of nitrogens with zero attached hydrogens (tertiary/aromatic N) is 3. The van der Waals surface area contributed by atoms with Crippen LogP contribution < -0.4 is 0 Å². The molecule has 0 heterocycles. The molecule has 1 fully saturated rings. The van der Waals surface area contributed by atoms with Crippen molar-refractivity contribution in [3.63, 3.8) is 0 Å². The number of methoxy groups -OCH3 is 1. The topological polar surface area (TPSA) is 74.8 Å². The zero-order valence-electron chi connectivity index (χ0n) is 8.19. The standard InChI is InChI=1S/C9H13N3O2/c1-14-8(13)11-12-9(7-10)5-3-2-4-6-9/h2-6H2,1H3. The number of carbonyl (C=O) groups excluding carboxylic acids is 1. The SMILES string of the molecule is COC(=O)N=NC1(C#N)CCCCC1. The third-order valence-corrected chi connectivity index (χ3v) is 2.39. The van der Waals surface area contributed by atoms with Gasteiger partial charge in [0.05, 0.1) is 13.2 Å². The fourth-order valence-electron chi connectivity index (χ4n) is 1.55. The molecule has 1 aliphatic rings. The lowest BCUT2D eigenvalue weighted by Gasteiger charge is -2.24. The van der Waals surface area contributed by atoms with Crippen molar-refractivity contribution in [3.05, 3.63) is 0 Å². The molecule has 0 bridgehead atoms. The van der Waals surface area contributed by atoms with E-state index in [9.17, 15) is 4.79 Å². The average molecular weight is 195 g/mol. The van der Waals surface area contributed by atoms with Gasteiger partial charge in [0, 0.05) is 0 Å². The molecule has 0 aliphatic heterocycles. The van der Waals surface area contributed by atoms with Crippen LogP contribution in [-0.2, 0) is 4.74 Å². The van der Waals surface area contributed by atoms with E-state index >= 15 is 0 Å². The molecule has 1 amide bonds. The third-order valence-electron chi connectivity index (χ3n) is 2.39. The van der Waals surface area contributed by atoms with Crippen LogP contribution in [0.25, 0.3) is 0 Å². The van der Waals surface area contributed by atoms with Crippen molar-refractivity contribution in [2.75, 3.05) is 7.11 Å². The minimum Gasteiger partial charge on any atom is -0.450 e. The maximum Gasteiger partial charge on any atom is 0.451 e. The molecule has 1 rings (SSSR count). The Balaban J connectivity index is 2.66. The zero-order chi connectivity index (χ0) is 10.4. The molecule has 1 aliphatic carbocycles. The minimum absolute atomic E-state index is 0.685. The third kappa shape index (κ3) is 2.52. The van der Waals surface area contributed by atoms with Gasteiger partial charge < -0.3 is 4.74 Å². The van der Waals surface area contributed by atoms with E-state index in [2.05, 4.69) is 21.0 Å². The van der Waals surface area contributed by atoms with E-state index in [0.717, 1.165) is 19.3 Å². The fraction of sp³-hybridized carbons (Fsp3) is 0.778. The van der Waals surface area contributed by atoms with E-state index in [1.54, 1.807) is 0 Å². The molecule has 0 atom stereocenters. The fourth-order valence-corrected chi connectivity index (χ4v) is 1.55. The van der Waals surface area contributed by atoms with Crippen molar-refractivity contribution in [1.82, 2.24) is 0 Å². The quantitative estimate of drug-likeness (QED) is 0.603. The van der Waals surface area contributed by atoms with Gasteiger partial charge in [0.25, 0.3) is 0 Å². The molecule has 0 saturated heterocycles. The molecule has 0 aromatic heterocycles. The summed E-state index contributed by atoms with van der Waals surface area (Å²) in [6.45, 7) is 0. The first-order valence-corrected chi connectivity index (χ1v) is 4.64. The number of hydrogen-bond acceptors (Lipinski definition) is 4. The van der Waals surface area contributed by atoms with Gasteiger partial charge >= 0.3 is 6.09 Å². The second-order valence-electron chi connectivity index (χ2n) is 3.37. The van der Waals surface area contributed by atoms with Gasteiger partial charge in [0.2, 0.25) is 0 Å². The van der Waals surface area contributed by atoms with Crippen molar-refractivity contribution in [1.29, 1.82) is 5.26 Å². The number of ether oxygens (including phenoxy) is 1. The normalized spacial score (nSPS) is 20.3. The maximum atomic E-state index is 10.7. The van der Waals surface area contributed by atoms with E-state index in [1.807, 2.05) is 0 Å². The Hall–Kier alpha value is -1.44. The van der Waals surface area contributed by atoms with Crippen LogP contribution in [0.2, 0.25) is 0 Å². The molecule has 14 heavy (non-hydrogen) atoms. The largest absolute Gasteiger partial charge is 0.451 e. The van der Waals surface area contributed by atoms with Gasteiger partial charge in [-0.1, -0.05) is 11.5 Å². The number of amides is 1. The lowest BCUT2D eigenvalue weighted by Crippen LogP contribution is -2.27. The molecule has 1 saturated carbocycles. The summed E-state index contributed by atoms with van der Waals surface area (Å²) in [6.07, 6.45) is 3.68. The second kappa shape index (κ2) is 4.70. The first kappa shape index (κ1) is 10.6. The highest BCUT2D eigenvalue weighted by Gasteiger charge is 2.32. The number of hydrogen-bond donors (Lipinski definition) is 0. The lowest BCUT2D eigenvalue weighted by atomic mass is 9.84. The first-order chi connectivity index (χ1) is 6.72.